The average Bonchev–Trinajstić information content (AvgIpc) is 2.37. The number of hydrogen-bond donors (Lipinski definition) is 2. The van der Waals surface area contributed by atoms with Gasteiger partial charge in [-0.2, -0.15) is 0 Å². The molecular weight excluding hydrogens is 265 g/mol. The van der Waals surface area contributed by atoms with Crippen LogP contribution in [0.15, 0.2) is 24.3 Å². The molecule has 0 radical (unpaired) electrons. The van der Waals surface area contributed by atoms with E-state index >= 15 is 0 Å². The number of nitrogens with zero attached hydrogens (tertiary/aromatic N) is 1. The summed E-state index contributed by atoms with van der Waals surface area (Å²) in [5.74, 6) is -1.04. The number of benzene rings is 1. The van der Waals surface area contributed by atoms with Gasteiger partial charge in [-0.15, -0.1) is 0 Å². The summed E-state index contributed by atoms with van der Waals surface area (Å²) in [4.78, 5) is 23.8. The number of nitrogens with two attached hydrogens (primary N) is 2. The normalized spacial score (nSPS) is 11.8. The maximum Gasteiger partial charge on any atom is 0.239 e. The van der Waals surface area contributed by atoms with Gasteiger partial charge in [0.1, 0.15) is 18.2 Å². The molecule has 1 aromatic carbocycles. The maximum absolute atomic E-state index is 12.9. The monoisotopic (exact) mass is 283 g/mol. The van der Waals surface area contributed by atoms with E-state index < -0.39 is 23.7 Å². The molecule has 110 valence electrons. The van der Waals surface area contributed by atoms with Gasteiger partial charge in [-0.25, -0.2) is 4.39 Å². The second kappa shape index (κ2) is 7.44. The van der Waals surface area contributed by atoms with Gasteiger partial charge in [-0.1, -0.05) is 6.07 Å². The third-order valence-electron chi connectivity index (χ3n) is 2.61. The lowest BCUT2D eigenvalue weighted by Crippen LogP contribution is -2.45. The van der Waals surface area contributed by atoms with Gasteiger partial charge in [0.15, 0.2) is 0 Å². The van der Waals surface area contributed by atoms with Gasteiger partial charge < -0.3 is 21.1 Å². The van der Waals surface area contributed by atoms with Crippen molar-refractivity contribution in [3.8, 4) is 5.75 Å². The minimum absolute atomic E-state index is 0.189. The lowest BCUT2D eigenvalue weighted by molar-refractivity contribution is -0.133. The first-order valence-electron chi connectivity index (χ1n) is 6.07. The SMILES string of the molecule is CN(CCOc1cccc(F)c1)C(=O)C(N)CC(N)=O. The zero-order valence-electron chi connectivity index (χ0n) is 11.2. The van der Waals surface area contributed by atoms with Gasteiger partial charge in [0.05, 0.1) is 19.0 Å². The molecule has 0 aliphatic carbocycles. The van der Waals surface area contributed by atoms with Crippen LogP contribution >= 0.6 is 0 Å². The summed E-state index contributed by atoms with van der Waals surface area (Å²) in [5.41, 5.74) is 10.5. The number of carbonyl (C=O) groups is 2. The molecule has 0 heterocycles. The summed E-state index contributed by atoms with van der Waals surface area (Å²) >= 11 is 0. The minimum Gasteiger partial charge on any atom is -0.492 e. The number of halogens is 1. The lowest BCUT2D eigenvalue weighted by atomic mass is 10.2. The summed E-state index contributed by atoms with van der Waals surface area (Å²) in [6.07, 6.45) is -0.200. The first kappa shape index (κ1) is 15.9. The number of amides is 2. The van der Waals surface area contributed by atoms with E-state index in [1.165, 1.54) is 30.1 Å². The van der Waals surface area contributed by atoms with E-state index in [2.05, 4.69) is 0 Å². The Morgan fingerprint density at radius 3 is 2.75 bits per heavy atom. The molecule has 7 heteroatoms. The Balaban J connectivity index is 2.37. The van der Waals surface area contributed by atoms with Crippen LogP contribution in [-0.2, 0) is 9.59 Å². The van der Waals surface area contributed by atoms with Crippen LogP contribution in [0.4, 0.5) is 4.39 Å². The first-order valence-corrected chi connectivity index (χ1v) is 6.07. The maximum atomic E-state index is 12.9. The quantitative estimate of drug-likeness (QED) is 0.728. The van der Waals surface area contributed by atoms with E-state index in [0.29, 0.717) is 5.75 Å². The van der Waals surface area contributed by atoms with Crippen molar-refractivity contribution < 1.29 is 18.7 Å². The molecule has 1 atom stereocenters. The molecule has 20 heavy (non-hydrogen) atoms. The Hall–Kier alpha value is -2.15. The molecule has 0 spiro atoms. The van der Waals surface area contributed by atoms with Crippen molar-refractivity contribution in [3.05, 3.63) is 30.1 Å². The van der Waals surface area contributed by atoms with Crippen LogP contribution in [0.2, 0.25) is 0 Å². The molecule has 0 aliphatic rings. The van der Waals surface area contributed by atoms with Gasteiger partial charge in [0.2, 0.25) is 11.8 Å². The largest absolute Gasteiger partial charge is 0.492 e. The molecule has 1 aromatic rings. The highest BCUT2D eigenvalue weighted by Gasteiger charge is 2.19. The number of ether oxygens (including phenoxy) is 1. The molecular formula is C13H18FN3O3. The highest BCUT2D eigenvalue weighted by atomic mass is 19.1. The van der Waals surface area contributed by atoms with Crippen LogP contribution in [0.3, 0.4) is 0 Å². The van der Waals surface area contributed by atoms with E-state index in [1.54, 1.807) is 6.07 Å². The highest BCUT2D eigenvalue weighted by Crippen LogP contribution is 2.11. The molecule has 4 N–H and O–H groups in total. The van der Waals surface area contributed by atoms with Gasteiger partial charge in [0, 0.05) is 13.1 Å². The molecule has 0 fully saturated rings. The van der Waals surface area contributed by atoms with Crippen LogP contribution in [0.1, 0.15) is 6.42 Å². The predicted octanol–water partition coefficient (Wildman–Crippen LogP) is -0.134. The van der Waals surface area contributed by atoms with E-state index in [0.717, 1.165) is 0 Å². The number of carbonyl (C=O) groups excluding carboxylic acids is 2. The van der Waals surface area contributed by atoms with E-state index in [4.69, 9.17) is 16.2 Å². The Labute approximate surface area is 116 Å². The minimum atomic E-state index is -0.952. The third kappa shape index (κ3) is 5.23. The number of hydrogen-bond acceptors (Lipinski definition) is 4. The fourth-order valence-electron chi connectivity index (χ4n) is 1.55. The predicted molar refractivity (Wildman–Crippen MR) is 71.3 cm³/mol. The van der Waals surface area contributed by atoms with E-state index in [9.17, 15) is 14.0 Å². The molecule has 0 saturated heterocycles. The molecule has 0 bridgehead atoms. The summed E-state index contributed by atoms with van der Waals surface area (Å²) in [5, 5.41) is 0. The van der Waals surface area contributed by atoms with Crippen molar-refractivity contribution >= 4 is 11.8 Å². The topological polar surface area (TPSA) is 98.7 Å². The summed E-state index contributed by atoms with van der Waals surface area (Å²) in [7, 11) is 1.54. The fraction of sp³-hybridized carbons (Fsp3) is 0.385. The summed E-state index contributed by atoms with van der Waals surface area (Å²) < 4.78 is 18.2. The van der Waals surface area contributed by atoms with Gasteiger partial charge in [-0.3, -0.25) is 9.59 Å². The first-order chi connectivity index (χ1) is 9.40. The van der Waals surface area contributed by atoms with Crippen LogP contribution < -0.4 is 16.2 Å². The van der Waals surface area contributed by atoms with Crippen LogP contribution in [0, 0.1) is 5.82 Å². The van der Waals surface area contributed by atoms with Crippen LogP contribution in [0.5, 0.6) is 5.75 Å². The zero-order valence-corrected chi connectivity index (χ0v) is 11.2. The molecule has 1 unspecified atom stereocenters. The Kier molecular flexibility index (Phi) is 5.92. The molecule has 0 aromatic heterocycles. The van der Waals surface area contributed by atoms with Crippen LogP contribution in [-0.4, -0.2) is 43.0 Å². The van der Waals surface area contributed by atoms with Crippen molar-refractivity contribution in [1.29, 1.82) is 0 Å². The number of primary amides is 1. The Morgan fingerprint density at radius 1 is 1.45 bits per heavy atom. The van der Waals surface area contributed by atoms with Crippen molar-refractivity contribution in [3.63, 3.8) is 0 Å². The smallest absolute Gasteiger partial charge is 0.239 e. The summed E-state index contributed by atoms with van der Waals surface area (Å²) in [6.45, 7) is 0.455. The molecule has 6 nitrogen and oxygen atoms in total. The number of likely N-dealkylation sites (N-methyl/N-ethyl adjacent to an activating group) is 1. The molecule has 0 saturated carbocycles. The lowest BCUT2D eigenvalue weighted by Gasteiger charge is -2.20. The van der Waals surface area contributed by atoms with Crippen LogP contribution in [0.25, 0.3) is 0 Å². The van der Waals surface area contributed by atoms with E-state index in [1.807, 2.05) is 0 Å². The standard InChI is InChI=1S/C13H18FN3O3/c1-17(13(19)11(15)8-12(16)18)5-6-20-10-4-2-3-9(14)7-10/h2-4,7,11H,5-6,8,15H2,1H3,(H2,16,18). The molecule has 1 rings (SSSR count). The summed E-state index contributed by atoms with van der Waals surface area (Å²) in [6, 6.07) is 4.75. The fourth-order valence-corrected chi connectivity index (χ4v) is 1.55. The Bertz CT molecular complexity index is 482. The van der Waals surface area contributed by atoms with Crippen molar-refractivity contribution in [1.82, 2.24) is 4.90 Å². The Morgan fingerprint density at radius 2 is 2.15 bits per heavy atom. The van der Waals surface area contributed by atoms with Gasteiger partial charge in [0.25, 0.3) is 0 Å². The van der Waals surface area contributed by atoms with E-state index in [-0.39, 0.29) is 19.6 Å². The van der Waals surface area contributed by atoms with Gasteiger partial charge >= 0.3 is 0 Å². The second-order valence-electron chi connectivity index (χ2n) is 4.34. The highest BCUT2D eigenvalue weighted by molar-refractivity contribution is 5.87. The molecule has 2 amide bonds. The van der Waals surface area contributed by atoms with Crippen molar-refractivity contribution in [2.45, 2.75) is 12.5 Å². The third-order valence-corrected chi connectivity index (χ3v) is 2.61. The van der Waals surface area contributed by atoms with Gasteiger partial charge in [-0.05, 0) is 12.1 Å². The average molecular weight is 283 g/mol. The molecule has 0 aliphatic heterocycles. The van der Waals surface area contributed by atoms with Crippen molar-refractivity contribution in [2.75, 3.05) is 20.2 Å². The number of rotatable bonds is 7. The van der Waals surface area contributed by atoms with Crippen molar-refractivity contribution in [2.24, 2.45) is 11.5 Å². The zero-order chi connectivity index (χ0) is 15.1. The second-order valence-corrected chi connectivity index (χ2v) is 4.34.